The van der Waals surface area contributed by atoms with E-state index < -0.39 is 45.5 Å². The lowest BCUT2D eigenvalue weighted by atomic mass is 9.89. The van der Waals surface area contributed by atoms with Crippen molar-refractivity contribution in [3.8, 4) is 5.75 Å². The molecule has 40 heavy (non-hydrogen) atoms. The van der Waals surface area contributed by atoms with Crippen molar-refractivity contribution < 1.29 is 49.0 Å². The second-order valence-corrected chi connectivity index (χ2v) is 11.0. The van der Waals surface area contributed by atoms with E-state index >= 15 is 0 Å². The number of hydrogen-bond acceptors (Lipinski definition) is 7. The summed E-state index contributed by atoms with van der Waals surface area (Å²) in [4.78, 5) is 0. The Hall–Kier alpha value is -2.85. The molecule has 2 aromatic rings. The van der Waals surface area contributed by atoms with Crippen molar-refractivity contribution in [3.05, 3.63) is 71.9 Å². The smallest absolute Gasteiger partial charge is 0.416 e. The second kappa shape index (κ2) is 11.6. The molecule has 1 saturated heterocycles. The van der Waals surface area contributed by atoms with Gasteiger partial charge in [-0.1, -0.05) is 12.1 Å². The molecule has 0 bridgehead atoms. The molecule has 220 valence electrons. The minimum Gasteiger partial charge on any atom is -0.470 e. The van der Waals surface area contributed by atoms with Gasteiger partial charge in [-0.2, -0.15) is 36.1 Å². The van der Waals surface area contributed by atoms with E-state index in [1.54, 1.807) is 53.7 Å². The molecular formula is C25H27F6N3O5S. The van der Waals surface area contributed by atoms with Crippen molar-refractivity contribution in [1.29, 1.82) is 0 Å². The fourth-order valence-electron chi connectivity index (χ4n) is 4.35. The molecule has 0 saturated carbocycles. The van der Waals surface area contributed by atoms with E-state index in [2.05, 4.69) is 4.72 Å². The van der Waals surface area contributed by atoms with E-state index in [1.165, 1.54) is 12.1 Å². The highest BCUT2D eigenvalue weighted by molar-refractivity contribution is 7.89. The Balaban J connectivity index is 1.56. The maximum Gasteiger partial charge on any atom is 0.416 e. The van der Waals surface area contributed by atoms with Crippen LogP contribution in [0.25, 0.3) is 0 Å². The van der Waals surface area contributed by atoms with Crippen LogP contribution in [-0.4, -0.2) is 65.1 Å². The SMILES string of the molecule is COCCCN1C(Oc2ccc(C(F)(F)F)cc2)C=CN1c1cccc(C2(NS(=O)(=O)CC(F)(F)F)COC2)c1. The summed E-state index contributed by atoms with van der Waals surface area (Å²) in [6, 6.07) is 10.9. The topological polar surface area (TPSA) is 80.3 Å². The molecule has 1 N–H and O–H groups in total. The van der Waals surface area contributed by atoms with E-state index in [9.17, 15) is 34.8 Å². The van der Waals surface area contributed by atoms with E-state index in [-0.39, 0.29) is 19.0 Å². The number of alkyl halides is 6. The number of hydrogen-bond donors (Lipinski definition) is 1. The van der Waals surface area contributed by atoms with Crippen LogP contribution in [0.5, 0.6) is 5.75 Å². The summed E-state index contributed by atoms with van der Waals surface area (Å²) in [5, 5.41) is 3.50. The lowest BCUT2D eigenvalue weighted by Crippen LogP contribution is -2.60. The second-order valence-electron chi connectivity index (χ2n) is 9.33. The summed E-state index contributed by atoms with van der Waals surface area (Å²) in [6.07, 6.45) is -6.17. The number of methoxy groups -OCH3 is 1. The van der Waals surface area contributed by atoms with Crippen LogP contribution in [0, 0.1) is 0 Å². The van der Waals surface area contributed by atoms with Crippen LogP contribution in [0.2, 0.25) is 0 Å². The quantitative estimate of drug-likeness (QED) is 0.305. The highest BCUT2D eigenvalue weighted by Crippen LogP contribution is 2.36. The van der Waals surface area contributed by atoms with Crippen molar-refractivity contribution in [2.75, 3.05) is 44.2 Å². The zero-order valence-electron chi connectivity index (χ0n) is 21.2. The summed E-state index contributed by atoms with van der Waals surface area (Å²) in [7, 11) is -3.18. The average molecular weight is 596 g/mol. The fraction of sp³-hybridized carbons (Fsp3) is 0.440. The Labute approximate surface area is 227 Å². The van der Waals surface area contributed by atoms with E-state index in [4.69, 9.17) is 14.2 Å². The zero-order valence-corrected chi connectivity index (χ0v) is 22.0. The number of rotatable bonds is 11. The number of nitrogens with zero attached hydrogens (tertiary/aromatic N) is 2. The van der Waals surface area contributed by atoms with Gasteiger partial charge in [0.1, 0.15) is 11.3 Å². The van der Waals surface area contributed by atoms with Crippen LogP contribution in [0.3, 0.4) is 0 Å². The monoisotopic (exact) mass is 595 g/mol. The van der Waals surface area contributed by atoms with Gasteiger partial charge in [-0.25, -0.2) is 8.42 Å². The molecule has 15 heteroatoms. The van der Waals surface area contributed by atoms with E-state index in [1.807, 2.05) is 0 Å². The number of hydrazine groups is 1. The molecule has 2 aliphatic heterocycles. The van der Waals surface area contributed by atoms with Gasteiger partial charge < -0.3 is 14.2 Å². The number of ether oxygens (including phenoxy) is 3. The maximum absolute atomic E-state index is 12.9. The first-order chi connectivity index (χ1) is 18.7. The summed E-state index contributed by atoms with van der Waals surface area (Å²) in [6.45, 7) is 0.517. The zero-order chi connectivity index (χ0) is 29.2. The van der Waals surface area contributed by atoms with Crippen LogP contribution in [0.1, 0.15) is 17.5 Å². The predicted octanol–water partition coefficient (Wildman–Crippen LogP) is 4.40. The summed E-state index contributed by atoms with van der Waals surface area (Å²) < 4.78 is 120. The maximum atomic E-state index is 12.9. The van der Waals surface area contributed by atoms with Gasteiger partial charge in [-0.05, 0) is 54.5 Å². The standard InChI is InChI=1S/C25H27F6N3O5S/c1-37-13-3-11-34-22(39-21-8-6-18(7-9-21)25(29,30)31)10-12-33(34)20-5-2-4-19(14-20)23(15-38-16-23)32-40(35,36)17-24(26,27)28/h2,4-10,12,14,22,32H,3,11,13,15-17H2,1H3. The lowest BCUT2D eigenvalue weighted by molar-refractivity contribution is -0.137. The first kappa shape index (κ1) is 30.1. The number of anilines is 1. The minimum absolute atomic E-state index is 0.152. The van der Waals surface area contributed by atoms with E-state index in [0.717, 1.165) is 12.1 Å². The van der Waals surface area contributed by atoms with Crippen molar-refractivity contribution in [2.45, 2.75) is 30.5 Å². The first-order valence-corrected chi connectivity index (χ1v) is 13.7. The molecule has 2 aromatic carbocycles. The van der Waals surface area contributed by atoms with Crippen LogP contribution in [0.15, 0.2) is 60.8 Å². The van der Waals surface area contributed by atoms with Gasteiger partial charge in [0.2, 0.25) is 10.0 Å². The average Bonchev–Trinajstić information content (AvgIpc) is 3.22. The summed E-state index contributed by atoms with van der Waals surface area (Å²) >= 11 is 0. The highest BCUT2D eigenvalue weighted by Gasteiger charge is 2.47. The molecule has 2 heterocycles. The van der Waals surface area contributed by atoms with Crippen molar-refractivity contribution in [1.82, 2.24) is 9.73 Å². The van der Waals surface area contributed by atoms with Gasteiger partial charge in [0, 0.05) is 26.5 Å². The van der Waals surface area contributed by atoms with E-state index in [0.29, 0.717) is 30.8 Å². The summed E-state index contributed by atoms with van der Waals surface area (Å²) in [5.41, 5.74) is -1.23. The highest BCUT2D eigenvalue weighted by atomic mass is 32.2. The van der Waals surface area contributed by atoms with Crippen LogP contribution in [0.4, 0.5) is 32.0 Å². The largest absolute Gasteiger partial charge is 0.470 e. The molecule has 0 radical (unpaired) electrons. The third-order valence-electron chi connectivity index (χ3n) is 6.20. The Morgan fingerprint density at radius 3 is 2.35 bits per heavy atom. The van der Waals surface area contributed by atoms with Crippen molar-refractivity contribution >= 4 is 15.7 Å². The molecule has 0 spiro atoms. The first-order valence-electron chi connectivity index (χ1n) is 12.1. The van der Waals surface area contributed by atoms with Gasteiger partial charge in [0.25, 0.3) is 0 Å². The molecule has 4 rings (SSSR count). The van der Waals surface area contributed by atoms with Gasteiger partial charge >= 0.3 is 12.4 Å². The molecule has 0 aromatic heterocycles. The molecule has 1 atom stereocenters. The Bertz CT molecular complexity index is 1300. The molecule has 8 nitrogen and oxygen atoms in total. The molecule has 1 unspecified atom stereocenters. The van der Waals surface area contributed by atoms with Crippen LogP contribution in [-0.2, 0) is 31.2 Å². The molecule has 0 aliphatic carbocycles. The molecule has 1 fully saturated rings. The fourth-order valence-corrected chi connectivity index (χ4v) is 5.69. The van der Waals surface area contributed by atoms with Gasteiger partial charge in [-0.3, -0.25) is 5.01 Å². The summed E-state index contributed by atoms with van der Waals surface area (Å²) in [5.74, 6) is -1.81. The van der Waals surface area contributed by atoms with Gasteiger partial charge in [0.05, 0.1) is 24.5 Å². The third kappa shape index (κ3) is 7.26. The minimum atomic E-state index is -4.91. The van der Waals surface area contributed by atoms with Crippen LogP contribution < -0.4 is 14.5 Å². The normalized spacial score (nSPS) is 19.6. The Morgan fingerprint density at radius 2 is 1.77 bits per heavy atom. The molecule has 0 amide bonds. The predicted molar refractivity (Wildman–Crippen MR) is 133 cm³/mol. The lowest BCUT2D eigenvalue weighted by Gasteiger charge is -2.42. The number of halogens is 6. The number of nitrogens with one attached hydrogen (secondary N) is 1. The third-order valence-corrected chi connectivity index (χ3v) is 7.61. The Kier molecular flexibility index (Phi) is 8.71. The van der Waals surface area contributed by atoms with Crippen molar-refractivity contribution in [2.24, 2.45) is 0 Å². The Morgan fingerprint density at radius 1 is 1.07 bits per heavy atom. The number of benzene rings is 2. The van der Waals surface area contributed by atoms with Gasteiger partial charge in [-0.15, -0.1) is 0 Å². The molecular weight excluding hydrogens is 568 g/mol. The van der Waals surface area contributed by atoms with Gasteiger partial charge in [0.15, 0.2) is 12.0 Å². The van der Waals surface area contributed by atoms with Crippen molar-refractivity contribution in [3.63, 3.8) is 0 Å². The number of sulfonamides is 1. The molecule has 2 aliphatic rings. The van der Waals surface area contributed by atoms with Crippen LogP contribution >= 0.6 is 0 Å².